The molecule has 0 saturated heterocycles. The third-order valence-corrected chi connectivity index (χ3v) is 3.98. The maximum Gasteiger partial charge on any atom is 0.255 e. The van der Waals surface area contributed by atoms with Crippen LogP contribution in [-0.2, 0) is 10.0 Å². The molecule has 0 aliphatic heterocycles. The molecule has 2 aromatic carbocycles. The second-order valence-corrected chi connectivity index (χ2v) is 6.22. The number of amides is 1. The molecule has 0 bridgehead atoms. The Kier molecular flexibility index (Phi) is 3.47. The first kappa shape index (κ1) is 14.9. The van der Waals surface area contributed by atoms with Gasteiger partial charge in [-0.25, -0.2) is 13.6 Å². The van der Waals surface area contributed by atoms with Crippen LogP contribution in [0.15, 0.2) is 52.0 Å². The zero-order valence-electron chi connectivity index (χ0n) is 11.5. The highest BCUT2D eigenvalue weighted by atomic mass is 32.2. The Morgan fingerprint density at radius 3 is 2.78 bits per heavy atom. The Morgan fingerprint density at radius 1 is 1.26 bits per heavy atom. The van der Waals surface area contributed by atoms with E-state index in [0.717, 1.165) is 0 Å². The number of carbonyl (C=O) groups is 1. The number of fused-ring (bicyclic) bond motifs is 1. The maximum atomic E-state index is 12.2. The van der Waals surface area contributed by atoms with E-state index in [2.05, 4.69) is 15.1 Å². The lowest BCUT2D eigenvalue weighted by molar-refractivity contribution is -0.782. The molecule has 118 valence electrons. The Labute approximate surface area is 129 Å². The molecule has 0 saturated carbocycles. The summed E-state index contributed by atoms with van der Waals surface area (Å²) < 4.78 is 27.0. The average molecular weight is 334 g/mol. The van der Waals surface area contributed by atoms with Crippen molar-refractivity contribution in [1.82, 2.24) is 5.16 Å². The minimum atomic E-state index is -3.86. The minimum absolute atomic E-state index is 0.116. The van der Waals surface area contributed by atoms with Crippen molar-refractivity contribution in [3.8, 4) is 0 Å². The summed E-state index contributed by atoms with van der Waals surface area (Å²) in [5.41, 5.74) is 0.914. The number of rotatable bonds is 3. The number of nitrogens with one attached hydrogen (secondary N) is 1. The van der Waals surface area contributed by atoms with Crippen LogP contribution in [0.4, 0.5) is 5.69 Å². The summed E-state index contributed by atoms with van der Waals surface area (Å²) in [5, 5.41) is 22.3. The van der Waals surface area contributed by atoms with Crippen molar-refractivity contribution in [2.75, 3.05) is 5.32 Å². The lowest BCUT2D eigenvalue weighted by Gasteiger charge is -2.06. The monoisotopic (exact) mass is 334 g/mol. The molecule has 10 heteroatoms. The zero-order valence-corrected chi connectivity index (χ0v) is 12.3. The van der Waals surface area contributed by atoms with Gasteiger partial charge < -0.3 is 10.5 Å². The highest BCUT2D eigenvalue weighted by Gasteiger charge is 2.14. The van der Waals surface area contributed by atoms with Gasteiger partial charge in [0.25, 0.3) is 5.91 Å². The SMILES string of the molecule is NS(=O)(=O)c1cccc(NC(=O)c2ccc3c(c2)no[n+]3[O-])c1. The number of primary sulfonamides is 1. The Hall–Kier alpha value is -2.98. The molecule has 0 spiro atoms. The van der Waals surface area contributed by atoms with Gasteiger partial charge in [-0.2, -0.15) is 0 Å². The largest absolute Gasteiger partial charge is 0.359 e. The van der Waals surface area contributed by atoms with E-state index in [1.807, 2.05) is 0 Å². The van der Waals surface area contributed by atoms with Crippen molar-refractivity contribution in [3.63, 3.8) is 0 Å². The fourth-order valence-corrected chi connectivity index (χ4v) is 2.53. The first-order valence-corrected chi connectivity index (χ1v) is 7.83. The van der Waals surface area contributed by atoms with Gasteiger partial charge in [0.15, 0.2) is 0 Å². The molecule has 3 rings (SSSR count). The van der Waals surface area contributed by atoms with Crippen molar-refractivity contribution < 1.29 is 22.7 Å². The van der Waals surface area contributed by atoms with Crippen molar-refractivity contribution >= 4 is 32.7 Å². The van der Waals surface area contributed by atoms with Crippen LogP contribution in [-0.4, -0.2) is 19.5 Å². The van der Waals surface area contributed by atoms with Gasteiger partial charge in [0.05, 0.1) is 4.90 Å². The first-order valence-electron chi connectivity index (χ1n) is 6.28. The second kappa shape index (κ2) is 5.34. The van der Waals surface area contributed by atoms with Crippen LogP contribution in [0.5, 0.6) is 0 Å². The van der Waals surface area contributed by atoms with Crippen LogP contribution in [0.3, 0.4) is 0 Å². The Bertz CT molecular complexity index is 1010. The van der Waals surface area contributed by atoms with Gasteiger partial charge in [-0.05, 0) is 35.2 Å². The number of nitrogens with zero attached hydrogens (tertiary/aromatic N) is 2. The first-order chi connectivity index (χ1) is 10.8. The molecule has 3 N–H and O–H groups in total. The van der Waals surface area contributed by atoms with Gasteiger partial charge in [0.1, 0.15) is 0 Å². The summed E-state index contributed by atoms with van der Waals surface area (Å²) in [5.74, 6) is -0.501. The number of benzene rings is 2. The lowest BCUT2D eigenvalue weighted by Crippen LogP contribution is -2.22. The van der Waals surface area contributed by atoms with E-state index in [0.29, 0.717) is 0 Å². The number of sulfonamides is 1. The van der Waals surface area contributed by atoms with Gasteiger partial charge in [-0.3, -0.25) is 9.42 Å². The number of aromatic nitrogens is 2. The van der Waals surface area contributed by atoms with E-state index in [9.17, 15) is 18.4 Å². The topological polar surface area (TPSA) is 142 Å². The summed E-state index contributed by atoms with van der Waals surface area (Å²) in [6.45, 7) is 0. The molecule has 0 unspecified atom stereocenters. The van der Waals surface area contributed by atoms with Gasteiger partial charge in [-0.1, -0.05) is 6.07 Å². The summed E-state index contributed by atoms with van der Waals surface area (Å²) in [6, 6.07) is 9.74. The van der Waals surface area contributed by atoms with E-state index >= 15 is 0 Å². The van der Waals surface area contributed by atoms with E-state index < -0.39 is 15.9 Å². The van der Waals surface area contributed by atoms with E-state index in [-0.39, 0.29) is 32.1 Å². The van der Waals surface area contributed by atoms with Crippen LogP contribution in [0.25, 0.3) is 11.0 Å². The molecule has 0 aliphatic carbocycles. The van der Waals surface area contributed by atoms with Gasteiger partial charge >= 0.3 is 0 Å². The number of hydrogen-bond acceptors (Lipinski definition) is 6. The molecule has 0 radical (unpaired) electrons. The van der Waals surface area contributed by atoms with Crippen LogP contribution in [0.1, 0.15) is 10.4 Å². The zero-order chi connectivity index (χ0) is 16.6. The molecule has 0 aliphatic rings. The Balaban J connectivity index is 1.88. The molecule has 23 heavy (non-hydrogen) atoms. The van der Waals surface area contributed by atoms with Crippen molar-refractivity contribution in [3.05, 3.63) is 53.2 Å². The molecular weight excluding hydrogens is 324 g/mol. The molecule has 0 atom stereocenters. The molecule has 1 amide bonds. The molecular formula is C13H10N4O5S. The highest BCUT2D eigenvalue weighted by Crippen LogP contribution is 2.16. The van der Waals surface area contributed by atoms with Crippen molar-refractivity contribution in [2.45, 2.75) is 4.90 Å². The number of carbonyl (C=O) groups excluding carboxylic acids is 1. The summed E-state index contributed by atoms with van der Waals surface area (Å²) in [6.07, 6.45) is 0. The van der Waals surface area contributed by atoms with E-state index in [1.165, 1.54) is 42.5 Å². The summed E-state index contributed by atoms with van der Waals surface area (Å²) in [7, 11) is -3.86. The third kappa shape index (κ3) is 2.98. The maximum absolute atomic E-state index is 12.2. The van der Waals surface area contributed by atoms with Crippen molar-refractivity contribution in [2.24, 2.45) is 5.14 Å². The van der Waals surface area contributed by atoms with Gasteiger partial charge in [0.2, 0.25) is 21.1 Å². The molecule has 0 fully saturated rings. The smallest absolute Gasteiger partial charge is 0.255 e. The van der Waals surface area contributed by atoms with Crippen LogP contribution < -0.4 is 15.4 Å². The fraction of sp³-hybridized carbons (Fsp3) is 0. The minimum Gasteiger partial charge on any atom is -0.359 e. The normalized spacial score (nSPS) is 11.5. The predicted octanol–water partition coefficient (Wildman–Crippen LogP) is 0.361. The van der Waals surface area contributed by atoms with Crippen LogP contribution in [0.2, 0.25) is 0 Å². The fourth-order valence-electron chi connectivity index (χ4n) is 1.97. The van der Waals surface area contributed by atoms with Gasteiger partial charge in [0, 0.05) is 22.5 Å². The van der Waals surface area contributed by atoms with E-state index in [1.54, 1.807) is 0 Å². The molecule has 1 aromatic heterocycles. The standard InChI is InChI=1S/C13H10N4O5S/c14-23(20,21)10-3-1-2-9(7-10)15-13(18)8-4-5-12-11(6-8)16-22-17(12)19/h1-7H,(H,15,18)(H2,14,20,21). The summed E-state index contributed by atoms with van der Waals surface area (Å²) in [4.78, 5) is 12.3. The number of nitrogens with two attached hydrogens (primary N) is 1. The number of hydrogen-bond donors (Lipinski definition) is 2. The second-order valence-electron chi connectivity index (χ2n) is 4.66. The summed E-state index contributed by atoms with van der Waals surface area (Å²) >= 11 is 0. The highest BCUT2D eigenvalue weighted by molar-refractivity contribution is 7.89. The predicted molar refractivity (Wildman–Crippen MR) is 78.7 cm³/mol. The quantitative estimate of drug-likeness (QED) is 0.662. The average Bonchev–Trinajstić information content (AvgIpc) is 2.87. The van der Waals surface area contributed by atoms with Crippen LogP contribution >= 0.6 is 0 Å². The number of anilines is 1. The third-order valence-electron chi connectivity index (χ3n) is 3.07. The lowest BCUT2D eigenvalue weighted by atomic mass is 10.2. The van der Waals surface area contributed by atoms with Crippen LogP contribution in [0, 0.1) is 5.21 Å². The molecule has 1 heterocycles. The van der Waals surface area contributed by atoms with Crippen molar-refractivity contribution in [1.29, 1.82) is 0 Å². The van der Waals surface area contributed by atoms with Gasteiger partial charge in [-0.15, -0.1) is 0 Å². The van der Waals surface area contributed by atoms with E-state index in [4.69, 9.17) is 5.14 Å². The molecule has 3 aromatic rings. The molecule has 9 nitrogen and oxygen atoms in total. The Morgan fingerprint density at radius 2 is 2.04 bits per heavy atom.